The Morgan fingerprint density at radius 1 is 1.35 bits per heavy atom. The van der Waals surface area contributed by atoms with Gasteiger partial charge in [-0.1, -0.05) is 0 Å². The molecule has 1 heterocycles. The molecular weight excluding hydrogens is 340 g/mol. The summed E-state index contributed by atoms with van der Waals surface area (Å²) in [6.45, 7) is 0. The number of hydrogen-bond acceptors (Lipinski definition) is 6. The van der Waals surface area contributed by atoms with E-state index in [-0.39, 0.29) is 10.6 Å². The van der Waals surface area contributed by atoms with Crippen molar-refractivity contribution in [2.75, 3.05) is 11.6 Å². The molecule has 2 rings (SSSR count). The standard InChI is InChI=1S/C13H14N4O4S2/c1-22-7-11-16-10(6-12(18)17-11)13(19)15-8-2-4-9(5-3-8)23(14,20)21/h2-6H,7H2,1H3,(H,15,19)(H2,14,20,21)(H,16,17,18). The fourth-order valence-electron chi connectivity index (χ4n) is 1.75. The van der Waals surface area contributed by atoms with Crippen LogP contribution >= 0.6 is 11.8 Å². The number of anilines is 1. The number of primary sulfonamides is 1. The van der Waals surface area contributed by atoms with Crippen LogP contribution < -0.4 is 16.0 Å². The van der Waals surface area contributed by atoms with Crippen molar-refractivity contribution in [1.29, 1.82) is 0 Å². The fourth-order valence-corrected chi connectivity index (χ4v) is 2.68. The lowest BCUT2D eigenvalue weighted by Crippen LogP contribution is -2.20. The van der Waals surface area contributed by atoms with E-state index >= 15 is 0 Å². The van der Waals surface area contributed by atoms with Crippen LogP contribution in [0.2, 0.25) is 0 Å². The average molecular weight is 354 g/mol. The van der Waals surface area contributed by atoms with E-state index in [1.807, 2.05) is 6.26 Å². The SMILES string of the molecule is CSCc1nc(C(=O)Nc2ccc(S(N)(=O)=O)cc2)cc(=O)[nH]1. The van der Waals surface area contributed by atoms with E-state index < -0.39 is 21.5 Å². The summed E-state index contributed by atoms with van der Waals surface area (Å²) in [6.07, 6.45) is 1.85. The number of sulfonamides is 1. The molecule has 0 saturated heterocycles. The molecular formula is C13H14N4O4S2. The highest BCUT2D eigenvalue weighted by Crippen LogP contribution is 2.13. The molecule has 0 aliphatic heterocycles. The Balaban J connectivity index is 2.20. The van der Waals surface area contributed by atoms with Gasteiger partial charge in [0.1, 0.15) is 11.5 Å². The molecule has 0 fully saturated rings. The van der Waals surface area contributed by atoms with Crippen LogP contribution in [0.4, 0.5) is 5.69 Å². The monoisotopic (exact) mass is 354 g/mol. The van der Waals surface area contributed by atoms with Crippen molar-refractivity contribution in [2.45, 2.75) is 10.6 Å². The number of aromatic nitrogens is 2. The maximum Gasteiger partial charge on any atom is 0.274 e. The second-order valence-electron chi connectivity index (χ2n) is 4.53. The quantitative estimate of drug-likeness (QED) is 0.717. The summed E-state index contributed by atoms with van der Waals surface area (Å²) in [5, 5.41) is 7.53. The minimum atomic E-state index is -3.79. The van der Waals surface area contributed by atoms with E-state index in [2.05, 4.69) is 15.3 Å². The largest absolute Gasteiger partial charge is 0.321 e. The predicted molar refractivity (Wildman–Crippen MR) is 87.8 cm³/mol. The maximum atomic E-state index is 12.1. The number of nitrogens with zero attached hydrogens (tertiary/aromatic N) is 1. The molecule has 0 saturated carbocycles. The Morgan fingerprint density at radius 2 is 2.00 bits per heavy atom. The van der Waals surface area contributed by atoms with Crippen molar-refractivity contribution in [1.82, 2.24) is 9.97 Å². The maximum absolute atomic E-state index is 12.1. The van der Waals surface area contributed by atoms with Gasteiger partial charge in [-0.3, -0.25) is 9.59 Å². The van der Waals surface area contributed by atoms with Crippen molar-refractivity contribution >= 4 is 33.4 Å². The van der Waals surface area contributed by atoms with E-state index in [4.69, 9.17) is 5.14 Å². The third-order valence-corrected chi connectivity index (χ3v) is 4.24. The van der Waals surface area contributed by atoms with Crippen molar-refractivity contribution in [2.24, 2.45) is 5.14 Å². The lowest BCUT2D eigenvalue weighted by Gasteiger charge is -2.06. The van der Waals surface area contributed by atoms with E-state index in [9.17, 15) is 18.0 Å². The Hall–Kier alpha value is -2.17. The number of amides is 1. The molecule has 0 radical (unpaired) electrons. The number of H-pyrrole nitrogens is 1. The van der Waals surface area contributed by atoms with E-state index in [0.29, 0.717) is 17.3 Å². The van der Waals surface area contributed by atoms with Gasteiger partial charge in [0.15, 0.2) is 0 Å². The number of hydrogen-bond donors (Lipinski definition) is 3. The van der Waals surface area contributed by atoms with Crippen molar-refractivity contribution < 1.29 is 13.2 Å². The molecule has 2 aromatic rings. The number of carbonyl (C=O) groups excluding carboxylic acids is 1. The first-order chi connectivity index (χ1) is 10.8. The highest BCUT2D eigenvalue weighted by atomic mass is 32.2. The van der Waals surface area contributed by atoms with Gasteiger partial charge in [-0.05, 0) is 30.5 Å². The summed E-state index contributed by atoms with van der Waals surface area (Å²) < 4.78 is 22.3. The average Bonchev–Trinajstić information content (AvgIpc) is 2.46. The smallest absolute Gasteiger partial charge is 0.274 e. The third kappa shape index (κ3) is 4.65. The van der Waals surface area contributed by atoms with Gasteiger partial charge >= 0.3 is 0 Å². The number of nitrogens with two attached hydrogens (primary N) is 1. The lowest BCUT2D eigenvalue weighted by atomic mass is 10.3. The van der Waals surface area contributed by atoms with Gasteiger partial charge in [-0.25, -0.2) is 18.5 Å². The molecule has 0 atom stereocenters. The number of rotatable bonds is 5. The van der Waals surface area contributed by atoms with E-state index in [0.717, 1.165) is 6.07 Å². The van der Waals surface area contributed by atoms with Gasteiger partial charge in [-0.2, -0.15) is 11.8 Å². The first-order valence-corrected chi connectivity index (χ1v) is 9.27. The Morgan fingerprint density at radius 3 is 2.57 bits per heavy atom. The summed E-state index contributed by atoms with van der Waals surface area (Å²) in [4.78, 5) is 30.2. The Labute approximate surface area is 136 Å². The molecule has 1 aromatic carbocycles. The van der Waals surface area contributed by atoms with Crippen molar-refractivity contribution in [3.63, 3.8) is 0 Å². The second kappa shape index (κ2) is 6.94. The zero-order valence-corrected chi connectivity index (χ0v) is 13.7. The van der Waals surface area contributed by atoms with Crippen LogP contribution in [0.5, 0.6) is 0 Å². The Kier molecular flexibility index (Phi) is 5.19. The molecule has 8 nitrogen and oxygen atoms in total. The molecule has 23 heavy (non-hydrogen) atoms. The van der Waals surface area contributed by atoms with E-state index in [1.165, 1.54) is 36.0 Å². The molecule has 1 amide bonds. The fraction of sp³-hybridized carbons (Fsp3) is 0.154. The predicted octanol–water partition coefficient (Wildman–Crippen LogP) is 0.533. The lowest BCUT2D eigenvalue weighted by molar-refractivity contribution is 0.102. The number of aromatic amines is 1. The zero-order chi connectivity index (χ0) is 17.0. The van der Waals surface area contributed by atoms with Gasteiger partial charge in [-0.15, -0.1) is 0 Å². The molecule has 4 N–H and O–H groups in total. The first kappa shape index (κ1) is 17.2. The molecule has 1 aromatic heterocycles. The summed E-state index contributed by atoms with van der Waals surface area (Å²) in [6, 6.07) is 6.43. The summed E-state index contributed by atoms with van der Waals surface area (Å²) in [7, 11) is -3.79. The summed E-state index contributed by atoms with van der Waals surface area (Å²) in [5.74, 6) is 0.306. The third-order valence-electron chi connectivity index (χ3n) is 2.75. The number of benzene rings is 1. The van der Waals surface area contributed by atoms with Gasteiger partial charge in [0, 0.05) is 11.8 Å². The van der Waals surface area contributed by atoms with Crippen LogP contribution in [0.15, 0.2) is 40.0 Å². The second-order valence-corrected chi connectivity index (χ2v) is 6.96. The van der Waals surface area contributed by atoms with Gasteiger partial charge in [0.25, 0.3) is 11.5 Å². The number of carbonyl (C=O) groups is 1. The highest BCUT2D eigenvalue weighted by molar-refractivity contribution is 7.97. The topological polar surface area (TPSA) is 135 Å². The number of thioether (sulfide) groups is 1. The molecule has 10 heteroatoms. The summed E-state index contributed by atoms with van der Waals surface area (Å²) >= 11 is 1.46. The molecule has 122 valence electrons. The van der Waals surface area contributed by atoms with Crippen molar-refractivity contribution in [3.05, 3.63) is 52.2 Å². The molecule has 0 spiro atoms. The van der Waals surface area contributed by atoms with Crippen LogP contribution in [0.3, 0.4) is 0 Å². The van der Waals surface area contributed by atoms with Crippen LogP contribution in [0, 0.1) is 0 Å². The molecule has 0 bridgehead atoms. The summed E-state index contributed by atoms with van der Waals surface area (Å²) in [5.41, 5.74) is -0.0806. The zero-order valence-electron chi connectivity index (χ0n) is 12.1. The van der Waals surface area contributed by atoms with Crippen LogP contribution in [-0.2, 0) is 15.8 Å². The van der Waals surface area contributed by atoms with Crippen LogP contribution in [0.25, 0.3) is 0 Å². The highest BCUT2D eigenvalue weighted by Gasteiger charge is 2.12. The van der Waals surface area contributed by atoms with Crippen LogP contribution in [0.1, 0.15) is 16.3 Å². The Bertz CT molecular complexity index is 876. The molecule has 0 aliphatic rings. The molecule has 0 unspecified atom stereocenters. The molecule has 0 aliphatic carbocycles. The minimum Gasteiger partial charge on any atom is -0.321 e. The van der Waals surface area contributed by atoms with Gasteiger partial charge in [0.05, 0.1) is 10.6 Å². The van der Waals surface area contributed by atoms with Crippen LogP contribution in [-0.4, -0.2) is 30.5 Å². The number of nitrogens with one attached hydrogen (secondary N) is 2. The van der Waals surface area contributed by atoms with E-state index in [1.54, 1.807) is 0 Å². The van der Waals surface area contributed by atoms with Gasteiger partial charge in [0.2, 0.25) is 10.0 Å². The minimum absolute atomic E-state index is 0.0201. The normalized spacial score (nSPS) is 11.2. The first-order valence-electron chi connectivity index (χ1n) is 6.33. The van der Waals surface area contributed by atoms with Crippen molar-refractivity contribution in [3.8, 4) is 0 Å². The van der Waals surface area contributed by atoms with Gasteiger partial charge < -0.3 is 10.3 Å².